The van der Waals surface area contributed by atoms with Crippen molar-refractivity contribution < 1.29 is 4.79 Å². The third-order valence-corrected chi connectivity index (χ3v) is 6.48. The molecule has 0 aliphatic carbocycles. The molecule has 0 spiro atoms. The van der Waals surface area contributed by atoms with Crippen LogP contribution in [0.25, 0.3) is 0 Å². The first-order valence-electron chi connectivity index (χ1n) is 11.4. The minimum absolute atomic E-state index is 0.127. The Morgan fingerprint density at radius 2 is 1.71 bits per heavy atom. The van der Waals surface area contributed by atoms with E-state index in [-0.39, 0.29) is 5.91 Å². The minimum Gasteiger partial charge on any atom is -0.324 e. The number of aryl methyl sites for hydroxylation is 1. The van der Waals surface area contributed by atoms with E-state index in [1.807, 2.05) is 0 Å². The fourth-order valence-electron chi connectivity index (χ4n) is 4.74. The Bertz CT molecular complexity index is 627. The van der Waals surface area contributed by atoms with E-state index < -0.39 is 0 Å². The van der Waals surface area contributed by atoms with Crippen LogP contribution in [0.15, 0.2) is 18.2 Å². The van der Waals surface area contributed by atoms with Gasteiger partial charge in [0.05, 0.1) is 6.54 Å². The molecule has 0 saturated carbocycles. The fourth-order valence-corrected chi connectivity index (χ4v) is 4.74. The maximum Gasteiger partial charge on any atom is 0.238 e. The monoisotopic (exact) mass is 385 g/mol. The topological polar surface area (TPSA) is 35.6 Å². The summed E-state index contributed by atoms with van der Waals surface area (Å²) < 4.78 is 0. The van der Waals surface area contributed by atoms with Gasteiger partial charge in [0, 0.05) is 12.2 Å². The number of amides is 1. The first-order chi connectivity index (χ1) is 13.5. The van der Waals surface area contributed by atoms with Crippen molar-refractivity contribution in [1.29, 1.82) is 0 Å². The van der Waals surface area contributed by atoms with E-state index in [4.69, 9.17) is 0 Å². The van der Waals surface area contributed by atoms with Crippen LogP contribution in [0, 0.1) is 12.8 Å². The Hall–Kier alpha value is -1.39. The van der Waals surface area contributed by atoms with Crippen molar-refractivity contribution in [3.8, 4) is 0 Å². The van der Waals surface area contributed by atoms with Crippen LogP contribution in [0.3, 0.4) is 0 Å². The van der Waals surface area contributed by atoms with Gasteiger partial charge >= 0.3 is 0 Å². The molecule has 1 aromatic rings. The predicted octanol–water partition coefficient (Wildman–Crippen LogP) is 4.64. The number of benzene rings is 1. The van der Waals surface area contributed by atoms with Gasteiger partial charge in [-0.1, -0.05) is 44.9 Å². The standard InChI is InChI=1S/C24H39N3O/c1-19(2)22-10-8-9-20(3)24(22)25-23(28)18-27-15-11-21(12-16-27)17-26-13-6-4-5-7-14-26/h8-10,19,21H,4-7,11-18H2,1-3H3,(H,25,28). The van der Waals surface area contributed by atoms with Gasteiger partial charge in [-0.15, -0.1) is 0 Å². The van der Waals surface area contributed by atoms with Gasteiger partial charge in [-0.3, -0.25) is 9.69 Å². The fraction of sp³-hybridized carbons (Fsp3) is 0.708. The Labute approximate surface area is 171 Å². The summed E-state index contributed by atoms with van der Waals surface area (Å²) in [4.78, 5) is 17.7. The van der Waals surface area contributed by atoms with E-state index in [0.717, 1.165) is 30.3 Å². The summed E-state index contributed by atoms with van der Waals surface area (Å²) in [6, 6.07) is 6.28. The Kier molecular flexibility index (Phi) is 7.92. The van der Waals surface area contributed by atoms with Gasteiger partial charge in [-0.05, 0) is 81.7 Å². The molecule has 2 aliphatic heterocycles. The molecule has 4 heteroatoms. The van der Waals surface area contributed by atoms with Gasteiger partial charge in [-0.25, -0.2) is 0 Å². The number of hydrogen-bond donors (Lipinski definition) is 1. The van der Waals surface area contributed by atoms with Gasteiger partial charge in [0.2, 0.25) is 5.91 Å². The van der Waals surface area contributed by atoms with E-state index >= 15 is 0 Å². The van der Waals surface area contributed by atoms with Crippen LogP contribution in [0.5, 0.6) is 0 Å². The number of para-hydroxylation sites is 1. The molecule has 2 fully saturated rings. The highest BCUT2D eigenvalue weighted by atomic mass is 16.2. The maximum atomic E-state index is 12.7. The van der Waals surface area contributed by atoms with Crippen molar-refractivity contribution in [1.82, 2.24) is 9.80 Å². The van der Waals surface area contributed by atoms with Crippen LogP contribution in [0.2, 0.25) is 0 Å². The van der Waals surface area contributed by atoms with E-state index in [1.165, 1.54) is 63.7 Å². The lowest BCUT2D eigenvalue weighted by molar-refractivity contribution is -0.117. The van der Waals surface area contributed by atoms with Crippen LogP contribution >= 0.6 is 0 Å². The molecule has 2 aliphatic rings. The van der Waals surface area contributed by atoms with Gasteiger partial charge in [-0.2, -0.15) is 0 Å². The molecule has 0 aromatic heterocycles. The van der Waals surface area contributed by atoms with Crippen molar-refractivity contribution >= 4 is 11.6 Å². The number of piperidine rings is 1. The number of anilines is 1. The van der Waals surface area contributed by atoms with Crippen molar-refractivity contribution in [2.24, 2.45) is 5.92 Å². The third-order valence-electron chi connectivity index (χ3n) is 6.48. The van der Waals surface area contributed by atoms with Gasteiger partial charge in [0.25, 0.3) is 0 Å². The van der Waals surface area contributed by atoms with Gasteiger partial charge in [0.15, 0.2) is 0 Å². The van der Waals surface area contributed by atoms with Crippen molar-refractivity contribution in [3.05, 3.63) is 29.3 Å². The summed E-state index contributed by atoms with van der Waals surface area (Å²) in [6.45, 7) is 12.9. The van der Waals surface area contributed by atoms with Crippen LogP contribution < -0.4 is 5.32 Å². The summed E-state index contributed by atoms with van der Waals surface area (Å²) in [5.74, 6) is 1.34. The lowest BCUT2D eigenvalue weighted by atomic mass is 9.96. The SMILES string of the molecule is Cc1cccc(C(C)C)c1NC(=O)CN1CCC(CN2CCCCCC2)CC1. The average molecular weight is 386 g/mol. The van der Waals surface area contributed by atoms with Gasteiger partial charge < -0.3 is 10.2 Å². The molecular formula is C24H39N3O. The van der Waals surface area contributed by atoms with E-state index in [9.17, 15) is 4.79 Å². The lowest BCUT2D eigenvalue weighted by Crippen LogP contribution is -2.42. The van der Waals surface area contributed by atoms with E-state index in [1.54, 1.807) is 0 Å². The predicted molar refractivity (Wildman–Crippen MR) is 118 cm³/mol. The second-order valence-corrected chi connectivity index (χ2v) is 9.18. The zero-order valence-electron chi connectivity index (χ0n) is 18.2. The molecule has 28 heavy (non-hydrogen) atoms. The largest absolute Gasteiger partial charge is 0.324 e. The molecular weight excluding hydrogens is 346 g/mol. The number of nitrogens with one attached hydrogen (secondary N) is 1. The molecule has 0 unspecified atom stereocenters. The molecule has 156 valence electrons. The molecule has 1 N–H and O–H groups in total. The normalized spacial score (nSPS) is 20.3. The second-order valence-electron chi connectivity index (χ2n) is 9.18. The number of carbonyl (C=O) groups excluding carboxylic acids is 1. The molecule has 0 radical (unpaired) electrons. The lowest BCUT2D eigenvalue weighted by Gasteiger charge is -2.34. The summed E-state index contributed by atoms with van der Waals surface area (Å²) in [6.07, 6.45) is 8.01. The van der Waals surface area contributed by atoms with Crippen LogP contribution in [-0.4, -0.2) is 55.0 Å². The summed E-state index contributed by atoms with van der Waals surface area (Å²) in [5, 5.41) is 3.20. The molecule has 0 atom stereocenters. The number of nitrogens with zero attached hydrogens (tertiary/aromatic N) is 2. The molecule has 0 bridgehead atoms. The Balaban J connectivity index is 1.45. The second kappa shape index (κ2) is 10.4. The maximum absolute atomic E-state index is 12.7. The van der Waals surface area contributed by atoms with E-state index in [2.05, 4.69) is 54.1 Å². The summed E-state index contributed by atoms with van der Waals surface area (Å²) >= 11 is 0. The molecule has 2 heterocycles. The molecule has 3 rings (SSSR count). The highest BCUT2D eigenvalue weighted by molar-refractivity contribution is 5.93. The van der Waals surface area contributed by atoms with Crippen molar-refractivity contribution in [3.63, 3.8) is 0 Å². The number of rotatable bonds is 6. The van der Waals surface area contributed by atoms with Crippen LogP contribution in [0.4, 0.5) is 5.69 Å². The number of carbonyl (C=O) groups is 1. The van der Waals surface area contributed by atoms with Crippen LogP contribution in [-0.2, 0) is 4.79 Å². The summed E-state index contributed by atoms with van der Waals surface area (Å²) in [5.41, 5.74) is 3.39. The zero-order chi connectivity index (χ0) is 19.9. The first-order valence-corrected chi connectivity index (χ1v) is 11.4. The number of hydrogen-bond acceptors (Lipinski definition) is 3. The smallest absolute Gasteiger partial charge is 0.238 e. The quantitative estimate of drug-likeness (QED) is 0.774. The molecule has 2 saturated heterocycles. The van der Waals surface area contributed by atoms with Crippen molar-refractivity contribution in [2.45, 2.75) is 65.2 Å². The first kappa shape index (κ1) is 21.3. The third kappa shape index (κ3) is 6.05. The molecule has 1 amide bonds. The minimum atomic E-state index is 0.127. The number of likely N-dealkylation sites (tertiary alicyclic amines) is 2. The molecule has 4 nitrogen and oxygen atoms in total. The Morgan fingerprint density at radius 3 is 2.36 bits per heavy atom. The highest BCUT2D eigenvalue weighted by Gasteiger charge is 2.23. The molecule has 1 aromatic carbocycles. The average Bonchev–Trinajstić information content (AvgIpc) is 2.93. The zero-order valence-corrected chi connectivity index (χ0v) is 18.2. The van der Waals surface area contributed by atoms with Gasteiger partial charge in [0.1, 0.15) is 0 Å². The summed E-state index contributed by atoms with van der Waals surface area (Å²) in [7, 11) is 0. The highest BCUT2D eigenvalue weighted by Crippen LogP contribution is 2.27. The Morgan fingerprint density at radius 1 is 1.04 bits per heavy atom. The van der Waals surface area contributed by atoms with Crippen molar-refractivity contribution in [2.75, 3.05) is 44.6 Å². The van der Waals surface area contributed by atoms with E-state index in [0.29, 0.717) is 12.5 Å². The van der Waals surface area contributed by atoms with Crippen LogP contribution in [0.1, 0.15) is 69.4 Å².